The van der Waals surface area contributed by atoms with Gasteiger partial charge in [0.1, 0.15) is 5.76 Å². The van der Waals surface area contributed by atoms with Crippen LogP contribution in [0.3, 0.4) is 0 Å². The fraction of sp³-hybridized carbons (Fsp3) is 0.588. The monoisotopic (exact) mass is 460 g/mol. The maximum Gasteiger partial charge on any atom is 0.214 e. The van der Waals surface area contributed by atoms with Crippen molar-refractivity contribution >= 4 is 29.9 Å². The van der Waals surface area contributed by atoms with E-state index in [1.54, 1.807) is 7.05 Å². The normalized spacial score (nSPS) is 11.4. The summed E-state index contributed by atoms with van der Waals surface area (Å²) in [7, 11) is 3.76. The van der Waals surface area contributed by atoms with E-state index >= 15 is 0 Å². The van der Waals surface area contributed by atoms with E-state index < -0.39 is 0 Å². The molecule has 0 saturated heterocycles. The predicted molar refractivity (Wildman–Crippen MR) is 110 cm³/mol. The van der Waals surface area contributed by atoms with Gasteiger partial charge < -0.3 is 15.1 Å². The molecule has 2 aromatic rings. The Morgan fingerprint density at radius 1 is 1.16 bits per heavy atom. The van der Waals surface area contributed by atoms with Crippen molar-refractivity contribution in [2.24, 2.45) is 12.0 Å². The van der Waals surface area contributed by atoms with Crippen LogP contribution in [0.15, 0.2) is 9.41 Å². The average molecular weight is 460 g/mol. The molecule has 0 aromatic carbocycles. The summed E-state index contributed by atoms with van der Waals surface area (Å²) < 4.78 is 7.56. The molecule has 0 bridgehead atoms. The quantitative estimate of drug-likeness (QED) is 0.394. The third kappa shape index (κ3) is 5.20. The summed E-state index contributed by atoms with van der Waals surface area (Å²) in [4.78, 5) is 8.63. The van der Waals surface area contributed by atoms with E-state index in [1.165, 1.54) is 11.3 Å². The molecule has 0 aliphatic carbocycles. The highest BCUT2D eigenvalue weighted by atomic mass is 127. The average Bonchev–Trinajstić information content (AvgIpc) is 3.06. The van der Waals surface area contributed by atoms with E-state index in [1.807, 2.05) is 25.6 Å². The zero-order valence-electron chi connectivity index (χ0n) is 15.9. The van der Waals surface area contributed by atoms with Gasteiger partial charge in [0.25, 0.3) is 0 Å². The van der Waals surface area contributed by atoms with Gasteiger partial charge in [0, 0.05) is 31.9 Å². The second kappa shape index (κ2) is 9.79. The lowest BCUT2D eigenvalue weighted by molar-refractivity contribution is 0.463. The molecule has 2 rings (SSSR count). The summed E-state index contributed by atoms with van der Waals surface area (Å²) in [6.45, 7) is 9.34. The maximum absolute atomic E-state index is 5.58. The maximum atomic E-state index is 5.58. The van der Waals surface area contributed by atoms with Crippen LogP contribution in [-0.4, -0.2) is 27.8 Å². The smallest absolute Gasteiger partial charge is 0.214 e. The molecule has 8 heteroatoms. The molecule has 0 aliphatic rings. The Balaban J connectivity index is 0.00000312. The van der Waals surface area contributed by atoms with E-state index in [9.17, 15) is 0 Å². The largest absolute Gasteiger partial charge is 0.444 e. The van der Waals surface area contributed by atoms with Crippen molar-refractivity contribution in [3.8, 4) is 0 Å². The number of hydrogen-bond acceptors (Lipinski definition) is 4. The standard InChI is InChI=1S/C17H28N6O.HI/c1-7-14-13(15(8-2)23(6)22-14)9-19-17(18-5)20-10-16-21-11(3)12(4)24-16;/h7-10H2,1-6H3,(H2,18,19,20);1H. The molecule has 0 spiro atoms. The van der Waals surface area contributed by atoms with Gasteiger partial charge in [0.15, 0.2) is 5.96 Å². The Hall–Kier alpha value is -1.58. The predicted octanol–water partition coefficient (Wildman–Crippen LogP) is 2.63. The molecule has 7 nitrogen and oxygen atoms in total. The molecule has 0 unspecified atom stereocenters. The van der Waals surface area contributed by atoms with Crippen molar-refractivity contribution in [1.82, 2.24) is 25.4 Å². The van der Waals surface area contributed by atoms with Gasteiger partial charge >= 0.3 is 0 Å². The number of nitrogens with zero attached hydrogens (tertiary/aromatic N) is 4. The number of aromatic nitrogens is 3. The number of nitrogens with one attached hydrogen (secondary N) is 2. The molecule has 2 heterocycles. The van der Waals surface area contributed by atoms with Crippen LogP contribution in [-0.2, 0) is 33.0 Å². The van der Waals surface area contributed by atoms with Crippen LogP contribution < -0.4 is 10.6 Å². The summed E-state index contributed by atoms with van der Waals surface area (Å²) in [5, 5.41) is 11.2. The van der Waals surface area contributed by atoms with Crippen molar-refractivity contribution < 1.29 is 4.42 Å². The molecule has 140 valence electrons. The van der Waals surface area contributed by atoms with Crippen molar-refractivity contribution in [3.63, 3.8) is 0 Å². The molecule has 0 atom stereocenters. The number of aliphatic imine (C=N–C) groups is 1. The molecule has 0 aliphatic heterocycles. The number of rotatable bonds is 6. The summed E-state index contributed by atoms with van der Waals surface area (Å²) in [5.74, 6) is 2.24. The van der Waals surface area contributed by atoms with Gasteiger partial charge in [-0.05, 0) is 26.7 Å². The van der Waals surface area contributed by atoms with E-state index in [0.717, 1.165) is 35.9 Å². The zero-order chi connectivity index (χ0) is 17.7. The summed E-state index contributed by atoms with van der Waals surface area (Å²) in [5.41, 5.74) is 4.57. The molecule has 0 radical (unpaired) electrons. The lowest BCUT2D eigenvalue weighted by Gasteiger charge is -2.12. The van der Waals surface area contributed by atoms with Crippen molar-refractivity contribution in [2.75, 3.05) is 7.05 Å². The van der Waals surface area contributed by atoms with Crippen LogP contribution in [0, 0.1) is 13.8 Å². The summed E-state index contributed by atoms with van der Waals surface area (Å²) in [6.07, 6.45) is 1.88. The van der Waals surface area contributed by atoms with Crippen LogP contribution in [0.4, 0.5) is 0 Å². The van der Waals surface area contributed by atoms with Crippen LogP contribution in [0.25, 0.3) is 0 Å². The number of halogens is 1. The fourth-order valence-electron chi connectivity index (χ4n) is 2.76. The molecule has 25 heavy (non-hydrogen) atoms. The van der Waals surface area contributed by atoms with Gasteiger partial charge in [-0.1, -0.05) is 13.8 Å². The van der Waals surface area contributed by atoms with Crippen LogP contribution in [0.2, 0.25) is 0 Å². The molecule has 0 amide bonds. The highest BCUT2D eigenvalue weighted by Gasteiger charge is 2.14. The van der Waals surface area contributed by atoms with E-state index in [-0.39, 0.29) is 24.0 Å². The van der Waals surface area contributed by atoms with E-state index in [2.05, 4.69) is 39.6 Å². The second-order valence-corrected chi connectivity index (χ2v) is 5.73. The number of oxazole rings is 1. The first-order valence-electron chi connectivity index (χ1n) is 8.41. The van der Waals surface area contributed by atoms with Gasteiger partial charge in [-0.25, -0.2) is 4.98 Å². The van der Waals surface area contributed by atoms with E-state index in [0.29, 0.717) is 19.0 Å². The molecule has 0 fully saturated rings. The Kier molecular flexibility index (Phi) is 8.40. The van der Waals surface area contributed by atoms with E-state index in [4.69, 9.17) is 4.42 Å². The zero-order valence-corrected chi connectivity index (χ0v) is 18.3. The Morgan fingerprint density at radius 2 is 1.84 bits per heavy atom. The third-order valence-corrected chi connectivity index (χ3v) is 4.16. The van der Waals surface area contributed by atoms with Crippen molar-refractivity contribution in [2.45, 2.75) is 53.6 Å². The Bertz CT molecular complexity index is 700. The minimum atomic E-state index is 0. The molecular weight excluding hydrogens is 431 g/mol. The molecular formula is C17H29IN6O. The first-order valence-corrected chi connectivity index (χ1v) is 8.41. The van der Waals surface area contributed by atoms with Gasteiger partial charge in [-0.15, -0.1) is 24.0 Å². The Morgan fingerprint density at radius 3 is 2.36 bits per heavy atom. The SMILES string of the molecule is CCc1nn(C)c(CC)c1CNC(=NC)NCc1nc(C)c(C)o1.I. The highest BCUT2D eigenvalue weighted by molar-refractivity contribution is 14.0. The number of hydrogen-bond donors (Lipinski definition) is 2. The fourth-order valence-corrected chi connectivity index (χ4v) is 2.76. The van der Waals surface area contributed by atoms with Gasteiger partial charge in [0.05, 0.1) is 17.9 Å². The number of guanidine groups is 1. The first kappa shape index (κ1) is 21.5. The minimum absolute atomic E-state index is 0. The summed E-state index contributed by atoms with van der Waals surface area (Å²) >= 11 is 0. The van der Waals surface area contributed by atoms with Crippen LogP contribution in [0.5, 0.6) is 0 Å². The second-order valence-electron chi connectivity index (χ2n) is 5.73. The lowest BCUT2D eigenvalue weighted by Crippen LogP contribution is -2.36. The third-order valence-electron chi connectivity index (χ3n) is 4.16. The van der Waals surface area contributed by atoms with Crippen molar-refractivity contribution in [1.29, 1.82) is 0 Å². The van der Waals surface area contributed by atoms with Gasteiger partial charge in [0.2, 0.25) is 5.89 Å². The van der Waals surface area contributed by atoms with Crippen molar-refractivity contribution in [3.05, 3.63) is 34.3 Å². The lowest BCUT2D eigenvalue weighted by atomic mass is 10.1. The molecule has 0 saturated carbocycles. The van der Waals surface area contributed by atoms with Gasteiger partial charge in [-0.3, -0.25) is 9.67 Å². The number of aryl methyl sites for hydroxylation is 4. The first-order chi connectivity index (χ1) is 11.5. The van der Waals surface area contributed by atoms with Crippen LogP contribution >= 0.6 is 24.0 Å². The summed E-state index contributed by atoms with van der Waals surface area (Å²) in [6, 6.07) is 0. The molecule has 2 N–H and O–H groups in total. The highest BCUT2D eigenvalue weighted by Crippen LogP contribution is 2.15. The topological polar surface area (TPSA) is 80.3 Å². The van der Waals surface area contributed by atoms with Crippen LogP contribution in [0.1, 0.15) is 48.1 Å². The molecule has 2 aromatic heterocycles. The minimum Gasteiger partial charge on any atom is -0.444 e. The Labute approximate surface area is 166 Å². The van der Waals surface area contributed by atoms with Gasteiger partial charge in [-0.2, -0.15) is 5.10 Å².